The van der Waals surface area contributed by atoms with Gasteiger partial charge in [0.25, 0.3) is 5.91 Å². The first-order valence-electron chi connectivity index (χ1n) is 5.94. The number of carbonyl (C=O) groups excluding carboxylic acids is 1. The van der Waals surface area contributed by atoms with E-state index >= 15 is 0 Å². The molecule has 3 saturated heterocycles. The SMILES string of the molecule is O=C(c1ccccc1)N1CC2CCC1CN2. The van der Waals surface area contributed by atoms with Crippen molar-refractivity contribution in [2.45, 2.75) is 24.9 Å². The minimum absolute atomic E-state index is 0.191. The highest BCUT2D eigenvalue weighted by atomic mass is 16.2. The van der Waals surface area contributed by atoms with Crippen LogP contribution >= 0.6 is 0 Å². The summed E-state index contributed by atoms with van der Waals surface area (Å²) in [5.41, 5.74) is 0.815. The quantitative estimate of drug-likeness (QED) is 0.766. The molecule has 0 spiro atoms. The van der Waals surface area contributed by atoms with Crippen molar-refractivity contribution in [3.05, 3.63) is 35.9 Å². The molecule has 3 heteroatoms. The van der Waals surface area contributed by atoms with Gasteiger partial charge in [-0.05, 0) is 25.0 Å². The van der Waals surface area contributed by atoms with E-state index in [1.165, 1.54) is 6.42 Å². The Balaban J connectivity index is 1.81. The molecule has 1 amide bonds. The van der Waals surface area contributed by atoms with Crippen molar-refractivity contribution in [1.82, 2.24) is 10.2 Å². The van der Waals surface area contributed by atoms with E-state index in [-0.39, 0.29) is 5.91 Å². The third-order valence-corrected chi connectivity index (χ3v) is 3.63. The monoisotopic (exact) mass is 216 g/mol. The van der Waals surface area contributed by atoms with E-state index < -0.39 is 0 Å². The van der Waals surface area contributed by atoms with Crippen LogP contribution < -0.4 is 5.32 Å². The molecule has 84 valence electrons. The molecule has 2 unspecified atom stereocenters. The average molecular weight is 216 g/mol. The molecule has 3 aliphatic heterocycles. The molecule has 0 aliphatic carbocycles. The van der Waals surface area contributed by atoms with Crippen LogP contribution in [-0.4, -0.2) is 36.0 Å². The molecule has 3 aliphatic rings. The van der Waals surface area contributed by atoms with Crippen LogP contribution in [0.2, 0.25) is 0 Å². The predicted molar refractivity (Wildman–Crippen MR) is 62.3 cm³/mol. The van der Waals surface area contributed by atoms with E-state index in [9.17, 15) is 4.79 Å². The summed E-state index contributed by atoms with van der Waals surface area (Å²) in [6, 6.07) is 10.5. The summed E-state index contributed by atoms with van der Waals surface area (Å²) in [4.78, 5) is 14.3. The van der Waals surface area contributed by atoms with Crippen molar-refractivity contribution in [2.24, 2.45) is 0 Å². The molecule has 3 nitrogen and oxygen atoms in total. The number of fused-ring (bicyclic) bond motifs is 3. The highest BCUT2D eigenvalue weighted by Gasteiger charge is 2.36. The van der Waals surface area contributed by atoms with Crippen molar-refractivity contribution in [2.75, 3.05) is 13.1 Å². The summed E-state index contributed by atoms with van der Waals surface area (Å²) in [5, 5.41) is 3.46. The molecule has 1 N–H and O–H groups in total. The Morgan fingerprint density at radius 3 is 2.62 bits per heavy atom. The van der Waals surface area contributed by atoms with Gasteiger partial charge in [-0.25, -0.2) is 0 Å². The molecule has 3 heterocycles. The van der Waals surface area contributed by atoms with Gasteiger partial charge in [-0.2, -0.15) is 0 Å². The van der Waals surface area contributed by atoms with Crippen LogP contribution in [0.15, 0.2) is 30.3 Å². The van der Waals surface area contributed by atoms with Crippen LogP contribution in [0.3, 0.4) is 0 Å². The lowest BCUT2D eigenvalue weighted by Crippen LogP contribution is -2.62. The Bertz CT molecular complexity index is 382. The summed E-state index contributed by atoms with van der Waals surface area (Å²) in [6.07, 6.45) is 2.36. The lowest BCUT2D eigenvalue weighted by atomic mass is 9.92. The van der Waals surface area contributed by atoms with Crippen LogP contribution in [0.25, 0.3) is 0 Å². The number of piperazine rings is 1. The highest BCUT2D eigenvalue weighted by molar-refractivity contribution is 5.94. The number of nitrogens with one attached hydrogen (secondary N) is 1. The predicted octanol–water partition coefficient (Wildman–Crippen LogP) is 1.26. The fourth-order valence-corrected chi connectivity index (χ4v) is 2.70. The number of hydrogen-bond donors (Lipinski definition) is 1. The van der Waals surface area contributed by atoms with Gasteiger partial charge < -0.3 is 10.2 Å². The Kier molecular flexibility index (Phi) is 2.40. The van der Waals surface area contributed by atoms with E-state index in [1.54, 1.807) is 0 Å². The molecule has 0 saturated carbocycles. The molecule has 0 radical (unpaired) electrons. The van der Waals surface area contributed by atoms with Gasteiger partial charge in [0.1, 0.15) is 0 Å². The van der Waals surface area contributed by atoms with Crippen LogP contribution in [0.5, 0.6) is 0 Å². The molecule has 2 bridgehead atoms. The summed E-state index contributed by atoms with van der Waals surface area (Å²) < 4.78 is 0. The highest BCUT2D eigenvalue weighted by Crippen LogP contribution is 2.23. The molecule has 2 atom stereocenters. The van der Waals surface area contributed by atoms with Gasteiger partial charge in [-0.3, -0.25) is 4.79 Å². The Morgan fingerprint density at radius 2 is 2.06 bits per heavy atom. The van der Waals surface area contributed by atoms with E-state index in [4.69, 9.17) is 0 Å². The minimum atomic E-state index is 0.191. The molecule has 1 aromatic rings. The number of amides is 1. The fraction of sp³-hybridized carbons (Fsp3) is 0.462. The second-order valence-corrected chi connectivity index (χ2v) is 4.66. The Labute approximate surface area is 95.4 Å². The normalized spacial score (nSPS) is 28.1. The van der Waals surface area contributed by atoms with Gasteiger partial charge in [0.2, 0.25) is 0 Å². The first-order valence-corrected chi connectivity index (χ1v) is 5.94. The van der Waals surface area contributed by atoms with Crippen LogP contribution in [0.4, 0.5) is 0 Å². The molecular weight excluding hydrogens is 200 g/mol. The zero-order valence-corrected chi connectivity index (χ0v) is 9.23. The topological polar surface area (TPSA) is 32.3 Å². The molecule has 1 aromatic carbocycles. The van der Waals surface area contributed by atoms with Crippen LogP contribution in [0, 0.1) is 0 Å². The standard InChI is InChI=1S/C13H16N2O/c16-13(10-4-2-1-3-5-10)15-9-11-6-7-12(15)8-14-11/h1-5,11-12,14H,6-9H2. The second kappa shape index (κ2) is 3.91. The Morgan fingerprint density at radius 1 is 1.25 bits per heavy atom. The molecular formula is C13H16N2O. The number of hydrogen-bond acceptors (Lipinski definition) is 2. The molecule has 0 aromatic heterocycles. The lowest BCUT2D eigenvalue weighted by molar-refractivity contribution is 0.0441. The maximum absolute atomic E-state index is 12.3. The van der Waals surface area contributed by atoms with Crippen molar-refractivity contribution in [1.29, 1.82) is 0 Å². The third kappa shape index (κ3) is 1.61. The fourth-order valence-electron chi connectivity index (χ4n) is 2.70. The van der Waals surface area contributed by atoms with E-state index in [0.717, 1.165) is 25.1 Å². The van der Waals surface area contributed by atoms with E-state index in [1.807, 2.05) is 35.2 Å². The van der Waals surface area contributed by atoms with Gasteiger partial charge in [-0.1, -0.05) is 18.2 Å². The van der Waals surface area contributed by atoms with Gasteiger partial charge >= 0.3 is 0 Å². The zero-order chi connectivity index (χ0) is 11.0. The first-order chi connectivity index (χ1) is 7.84. The maximum atomic E-state index is 12.3. The average Bonchev–Trinajstić information content (AvgIpc) is 2.40. The number of benzene rings is 1. The van der Waals surface area contributed by atoms with Crippen molar-refractivity contribution < 1.29 is 4.79 Å². The number of nitrogens with zero attached hydrogens (tertiary/aromatic N) is 1. The van der Waals surface area contributed by atoms with Crippen molar-refractivity contribution >= 4 is 5.91 Å². The van der Waals surface area contributed by atoms with Gasteiger partial charge in [0.05, 0.1) is 0 Å². The minimum Gasteiger partial charge on any atom is -0.333 e. The second-order valence-electron chi connectivity index (χ2n) is 4.66. The van der Waals surface area contributed by atoms with E-state index in [0.29, 0.717) is 12.1 Å². The summed E-state index contributed by atoms with van der Waals surface area (Å²) in [6.45, 7) is 1.83. The van der Waals surface area contributed by atoms with Crippen LogP contribution in [0.1, 0.15) is 23.2 Å². The zero-order valence-electron chi connectivity index (χ0n) is 9.23. The number of rotatable bonds is 1. The van der Waals surface area contributed by atoms with Gasteiger partial charge in [0.15, 0.2) is 0 Å². The molecule has 16 heavy (non-hydrogen) atoms. The maximum Gasteiger partial charge on any atom is 0.254 e. The Hall–Kier alpha value is -1.35. The first kappa shape index (κ1) is 9.85. The lowest BCUT2D eigenvalue weighted by Gasteiger charge is -2.45. The van der Waals surface area contributed by atoms with E-state index in [2.05, 4.69) is 5.32 Å². The summed E-state index contributed by atoms with van der Waals surface area (Å²) >= 11 is 0. The number of piperidine rings is 2. The summed E-state index contributed by atoms with van der Waals surface area (Å²) in [7, 11) is 0. The number of carbonyl (C=O) groups is 1. The summed E-state index contributed by atoms with van der Waals surface area (Å²) in [5.74, 6) is 0.191. The van der Waals surface area contributed by atoms with Crippen LogP contribution in [-0.2, 0) is 0 Å². The van der Waals surface area contributed by atoms with Gasteiger partial charge in [-0.15, -0.1) is 0 Å². The van der Waals surface area contributed by atoms with Crippen molar-refractivity contribution in [3.63, 3.8) is 0 Å². The smallest absolute Gasteiger partial charge is 0.254 e. The molecule has 3 fully saturated rings. The largest absolute Gasteiger partial charge is 0.333 e. The van der Waals surface area contributed by atoms with Gasteiger partial charge in [0, 0.05) is 30.7 Å². The third-order valence-electron chi connectivity index (χ3n) is 3.63. The van der Waals surface area contributed by atoms with Crippen molar-refractivity contribution in [3.8, 4) is 0 Å². The molecule has 4 rings (SSSR count).